The number of nitrogens with one attached hydrogen (secondary N) is 1. The predicted molar refractivity (Wildman–Crippen MR) is 62.8 cm³/mol. The molecule has 0 aliphatic rings. The van der Waals surface area contributed by atoms with Gasteiger partial charge in [0.1, 0.15) is 0 Å². The normalized spacial score (nSPS) is 10.7. The van der Waals surface area contributed by atoms with Crippen molar-refractivity contribution in [1.82, 2.24) is 5.32 Å². The van der Waals surface area contributed by atoms with Crippen molar-refractivity contribution >= 4 is 5.97 Å². The molecule has 0 amide bonds. The number of hydrogen-bond donors (Lipinski definition) is 1. The van der Waals surface area contributed by atoms with Gasteiger partial charge in [0, 0.05) is 0 Å². The second-order valence-electron chi connectivity index (χ2n) is 4.29. The molecule has 0 aromatic carbocycles. The first-order valence-corrected chi connectivity index (χ1v) is 6.03. The van der Waals surface area contributed by atoms with E-state index in [2.05, 4.69) is 26.1 Å². The predicted octanol–water partition coefficient (Wildman–Crippen LogP) is 2.36. The summed E-state index contributed by atoms with van der Waals surface area (Å²) in [5, 5.41) is 3.09. The molecule has 0 radical (unpaired) electrons. The lowest BCUT2D eigenvalue weighted by atomic mass is 10.1. The summed E-state index contributed by atoms with van der Waals surface area (Å²) < 4.78 is 5.01. The Morgan fingerprint density at radius 3 is 2.67 bits per heavy atom. The molecule has 0 spiro atoms. The zero-order valence-electron chi connectivity index (χ0n) is 10.3. The van der Waals surface area contributed by atoms with Crippen LogP contribution in [0.25, 0.3) is 0 Å². The van der Waals surface area contributed by atoms with E-state index in [1.54, 1.807) is 0 Å². The van der Waals surface area contributed by atoms with E-state index in [1.165, 1.54) is 6.42 Å². The first-order chi connectivity index (χ1) is 7.16. The molecule has 0 aromatic heterocycles. The number of rotatable bonds is 9. The van der Waals surface area contributed by atoms with Gasteiger partial charge in [-0.2, -0.15) is 0 Å². The van der Waals surface area contributed by atoms with E-state index in [9.17, 15) is 4.79 Å². The summed E-state index contributed by atoms with van der Waals surface area (Å²) in [5.74, 6) is 0.608. The third-order valence-corrected chi connectivity index (χ3v) is 2.17. The summed E-state index contributed by atoms with van der Waals surface area (Å²) in [6.07, 6.45) is 4.35. The first-order valence-electron chi connectivity index (χ1n) is 6.03. The molecule has 0 saturated heterocycles. The van der Waals surface area contributed by atoms with Crippen LogP contribution in [0.1, 0.15) is 46.5 Å². The quantitative estimate of drug-likeness (QED) is 0.474. The van der Waals surface area contributed by atoms with Crippen LogP contribution >= 0.6 is 0 Å². The van der Waals surface area contributed by atoms with Gasteiger partial charge in [-0.3, -0.25) is 4.79 Å². The zero-order chi connectivity index (χ0) is 11.5. The molecule has 0 atom stereocenters. The Balaban J connectivity index is 3.17. The fraction of sp³-hybridized carbons (Fsp3) is 0.917. The molecule has 0 fully saturated rings. The molecule has 0 unspecified atom stereocenters. The Morgan fingerprint density at radius 2 is 2.07 bits per heavy atom. The maximum atomic E-state index is 11.1. The van der Waals surface area contributed by atoms with E-state index in [-0.39, 0.29) is 5.97 Å². The van der Waals surface area contributed by atoms with Crippen LogP contribution < -0.4 is 5.32 Å². The van der Waals surface area contributed by atoms with Crippen molar-refractivity contribution in [2.45, 2.75) is 46.5 Å². The van der Waals surface area contributed by atoms with Crippen molar-refractivity contribution in [3.05, 3.63) is 0 Å². The summed E-state index contributed by atoms with van der Waals surface area (Å²) in [4.78, 5) is 11.1. The minimum Gasteiger partial charge on any atom is -0.465 e. The van der Waals surface area contributed by atoms with E-state index in [1.807, 2.05) is 0 Å². The molecule has 3 nitrogen and oxygen atoms in total. The Kier molecular flexibility index (Phi) is 9.59. The highest BCUT2D eigenvalue weighted by Gasteiger charge is 2.01. The van der Waals surface area contributed by atoms with Gasteiger partial charge in [-0.05, 0) is 31.7 Å². The molecular formula is C12H25NO2. The number of esters is 1. The third kappa shape index (κ3) is 11.4. The lowest BCUT2D eigenvalue weighted by molar-refractivity contribution is -0.142. The van der Waals surface area contributed by atoms with Gasteiger partial charge in [0.2, 0.25) is 0 Å². The smallest absolute Gasteiger partial charge is 0.319 e. The highest BCUT2D eigenvalue weighted by molar-refractivity contribution is 5.71. The van der Waals surface area contributed by atoms with Gasteiger partial charge < -0.3 is 10.1 Å². The van der Waals surface area contributed by atoms with Crippen LogP contribution in [0.3, 0.4) is 0 Å². The Morgan fingerprint density at radius 1 is 1.33 bits per heavy atom. The minimum atomic E-state index is -0.131. The van der Waals surface area contributed by atoms with Crippen LogP contribution in [0, 0.1) is 5.92 Å². The van der Waals surface area contributed by atoms with Crippen molar-refractivity contribution in [2.24, 2.45) is 5.92 Å². The van der Waals surface area contributed by atoms with E-state index < -0.39 is 0 Å². The Labute approximate surface area is 93.6 Å². The standard InChI is InChI=1S/C12H25NO2/c1-4-5-9-15-12(14)10-13-8-6-7-11(2)3/h11,13H,4-10H2,1-3H3. The summed E-state index contributed by atoms with van der Waals surface area (Å²) in [7, 11) is 0. The van der Waals surface area contributed by atoms with Crippen LogP contribution in [0.15, 0.2) is 0 Å². The van der Waals surface area contributed by atoms with E-state index in [0.29, 0.717) is 13.2 Å². The topological polar surface area (TPSA) is 38.3 Å². The first kappa shape index (κ1) is 14.4. The Hall–Kier alpha value is -0.570. The molecule has 0 aliphatic carbocycles. The van der Waals surface area contributed by atoms with Gasteiger partial charge in [-0.1, -0.05) is 27.2 Å². The highest BCUT2D eigenvalue weighted by Crippen LogP contribution is 2.01. The minimum absolute atomic E-state index is 0.131. The van der Waals surface area contributed by atoms with E-state index in [0.717, 1.165) is 31.7 Å². The molecule has 0 aromatic rings. The van der Waals surface area contributed by atoms with Crippen molar-refractivity contribution in [2.75, 3.05) is 19.7 Å². The van der Waals surface area contributed by atoms with Crippen LogP contribution in [-0.4, -0.2) is 25.7 Å². The van der Waals surface area contributed by atoms with Crippen molar-refractivity contribution in [3.63, 3.8) is 0 Å². The average molecular weight is 215 g/mol. The SMILES string of the molecule is CCCCOC(=O)CNCCCC(C)C. The van der Waals surface area contributed by atoms with Crippen LogP contribution in [0.5, 0.6) is 0 Å². The maximum Gasteiger partial charge on any atom is 0.319 e. The van der Waals surface area contributed by atoms with E-state index in [4.69, 9.17) is 4.74 Å². The Bertz CT molecular complexity index is 158. The van der Waals surface area contributed by atoms with Crippen LogP contribution in [0.2, 0.25) is 0 Å². The van der Waals surface area contributed by atoms with Gasteiger partial charge in [0.25, 0.3) is 0 Å². The van der Waals surface area contributed by atoms with Gasteiger partial charge >= 0.3 is 5.97 Å². The zero-order valence-corrected chi connectivity index (χ0v) is 10.3. The molecule has 0 bridgehead atoms. The molecule has 15 heavy (non-hydrogen) atoms. The second-order valence-corrected chi connectivity index (χ2v) is 4.29. The van der Waals surface area contributed by atoms with Gasteiger partial charge in [-0.15, -0.1) is 0 Å². The highest BCUT2D eigenvalue weighted by atomic mass is 16.5. The number of carbonyl (C=O) groups excluding carboxylic acids is 1. The summed E-state index contributed by atoms with van der Waals surface area (Å²) in [6.45, 7) is 8.31. The molecule has 90 valence electrons. The van der Waals surface area contributed by atoms with E-state index >= 15 is 0 Å². The number of carbonyl (C=O) groups is 1. The molecule has 1 N–H and O–H groups in total. The molecule has 0 aliphatic heterocycles. The van der Waals surface area contributed by atoms with Crippen LogP contribution in [0.4, 0.5) is 0 Å². The number of unbranched alkanes of at least 4 members (excludes halogenated alkanes) is 1. The molecule has 0 saturated carbocycles. The van der Waals surface area contributed by atoms with Crippen molar-refractivity contribution in [3.8, 4) is 0 Å². The molecular weight excluding hydrogens is 190 g/mol. The third-order valence-electron chi connectivity index (χ3n) is 2.17. The number of ether oxygens (including phenoxy) is 1. The molecule has 0 heterocycles. The van der Waals surface area contributed by atoms with Crippen LogP contribution in [-0.2, 0) is 9.53 Å². The van der Waals surface area contributed by atoms with Gasteiger partial charge in [0.05, 0.1) is 13.2 Å². The monoisotopic (exact) mass is 215 g/mol. The fourth-order valence-electron chi connectivity index (χ4n) is 1.21. The van der Waals surface area contributed by atoms with Gasteiger partial charge in [-0.25, -0.2) is 0 Å². The largest absolute Gasteiger partial charge is 0.465 e. The summed E-state index contributed by atoms with van der Waals surface area (Å²) in [6, 6.07) is 0. The molecule has 0 rings (SSSR count). The maximum absolute atomic E-state index is 11.1. The lowest BCUT2D eigenvalue weighted by Gasteiger charge is -2.06. The van der Waals surface area contributed by atoms with Crippen molar-refractivity contribution < 1.29 is 9.53 Å². The summed E-state index contributed by atoms with van der Waals surface area (Å²) in [5.41, 5.74) is 0. The number of hydrogen-bond acceptors (Lipinski definition) is 3. The average Bonchev–Trinajstić information content (AvgIpc) is 2.17. The van der Waals surface area contributed by atoms with Gasteiger partial charge in [0.15, 0.2) is 0 Å². The summed E-state index contributed by atoms with van der Waals surface area (Å²) >= 11 is 0. The molecule has 3 heteroatoms. The second kappa shape index (κ2) is 9.97. The van der Waals surface area contributed by atoms with Crippen molar-refractivity contribution in [1.29, 1.82) is 0 Å². The fourth-order valence-corrected chi connectivity index (χ4v) is 1.21. The lowest BCUT2D eigenvalue weighted by Crippen LogP contribution is -2.26.